The van der Waals surface area contributed by atoms with Crippen molar-refractivity contribution in [1.29, 1.82) is 0 Å². The quantitative estimate of drug-likeness (QED) is 0.405. The number of hydrogen-bond acceptors (Lipinski definition) is 5. The fraction of sp³-hybridized carbons (Fsp3) is 0.238. The third-order valence-corrected chi connectivity index (χ3v) is 4.70. The summed E-state index contributed by atoms with van der Waals surface area (Å²) in [5.41, 5.74) is 0.891. The molecule has 0 bridgehead atoms. The minimum absolute atomic E-state index is 0.0776. The molecule has 0 radical (unpaired) electrons. The second-order valence-electron chi connectivity index (χ2n) is 6.68. The van der Waals surface area contributed by atoms with Gasteiger partial charge in [-0.2, -0.15) is 0 Å². The van der Waals surface area contributed by atoms with E-state index < -0.39 is 30.3 Å². The second-order valence-corrected chi connectivity index (χ2v) is 6.68. The highest BCUT2D eigenvalue weighted by Crippen LogP contribution is 2.22. The Hall–Kier alpha value is -3.68. The number of carbonyl (C=O) groups is 4. The van der Waals surface area contributed by atoms with E-state index in [-0.39, 0.29) is 6.54 Å². The van der Waals surface area contributed by atoms with Gasteiger partial charge in [-0.15, -0.1) is 6.58 Å². The van der Waals surface area contributed by atoms with E-state index in [4.69, 9.17) is 4.74 Å². The molecule has 1 fully saturated rings. The van der Waals surface area contributed by atoms with Gasteiger partial charge in [0.05, 0.1) is 7.11 Å². The van der Waals surface area contributed by atoms with E-state index in [0.29, 0.717) is 11.4 Å². The molecule has 0 N–H and O–H groups in total. The number of imide groups is 2. The van der Waals surface area contributed by atoms with Crippen molar-refractivity contribution in [2.45, 2.75) is 6.54 Å². The number of fused-ring (bicyclic) bond motifs is 1. The standard InChI is InChI=1S/C21H21N3O5/c1-4-9-23-19(26)20(27)24(21(23)28)13-18(25)22(2)12-14-5-6-16-11-17(29-3)8-7-15(16)10-14/h4-8,10-11H,1,9,12-13H2,2-3H3. The summed E-state index contributed by atoms with van der Waals surface area (Å²) in [5, 5.41) is 2.01. The first-order chi connectivity index (χ1) is 13.8. The fourth-order valence-electron chi connectivity index (χ4n) is 3.10. The van der Waals surface area contributed by atoms with Crippen LogP contribution in [0.2, 0.25) is 0 Å². The largest absolute Gasteiger partial charge is 0.497 e. The first kappa shape index (κ1) is 20.1. The van der Waals surface area contributed by atoms with Gasteiger partial charge in [0, 0.05) is 20.1 Å². The van der Waals surface area contributed by atoms with Crippen LogP contribution in [-0.4, -0.2) is 65.7 Å². The first-order valence-electron chi connectivity index (χ1n) is 8.94. The van der Waals surface area contributed by atoms with Crippen LogP contribution in [0.15, 0.2) is 49.1 Å². The van der Waals surface area contributed by atoms with Gasteiger partial charge in [-0.25, -0.2) is 9.69 Å². The summed E-state index contributed by atoms with van der Waals surface area (Å²) in [6, 6.07) is 10.7. The number of methoxy groups -OCH3 is 1. The Morgan fingerprint density at radius 3 is 2.41 bits per heavy atom. The third-order valence-electron chi connectivity index (χ3n) is 4.70. The maximum absolute atomic E-state index is 12.5. The predicted octanol–water partition coefficient (Wildman–Crippen LogP) is 1.78. The minimum atomic E-state index is -1.00. The molecule has 3 rings (SSSR count). The highest BCUT2D eigenvalue weighted by atomic mass is 16.5. The van der Waals surface area contributed by atoms with Crippen molar-refractivity contribution in [3.63, 3.8) is 0 Å². The van der Waals surface area contributed by atoms with Crippen molar-refractivity contribution in [3.8, 4) is 5.75 Å². The third kappa shape index (κ3) is 3.96. The molecule has 0 aliphatic carbocycles. The molecule has 150 valence electrons. The van der Waals surface area contributed by atoms with Crippen molar-refractivity contribution in [1.82, 2.24) is 14.7 Å². The zero-order chi connectivity index (χ0) is 21.1. The van der Waals surface area contributed by atoms with E-state index in [0.717, 1.165) is 27.0 Å². The summed E-state index contributed by atoms with van der Waals surface area (Å²) < 4.78 is 5.21. The van der Waals surface area contributed by atoms with Crippen molar-refractivity contribution in [3.05, 3.63) is 54.6 Å². The van der Waals surface area contributed by atoms with Gasteiger partial charge < -0.3 is 9.64 Å². The molecule has 29 heavy (non-hydrogen) atoms. The van der Waals surface area contributed by atoms with E-state index in [1.165, 1.54) is 11.0 Å². The lowest BCUT2D eigenvalue weighted by atomic mass is 10.1. The van der Waals surface area contributed by atoms with Crippen molar-refractivity contribution in [2.75, 3.05) is 27.2 Å². The molecule has 2 aromatic carbocycles. The van der Waals surface area contributed by atoms with Gasteiger partial charge >= 0.3 is 17.8 Å². The van der Waals surface area contributed by atoms with Gasteiger partial charge in [-0.05, 0) is 34.5 Å². The van der Waals surface area contributed by atoms with E-state index >= 15 is 0 Å². The molecule has 1 heterocycles. The van der Waals surface area contributed by atoms with Gasteiger partial charge in [0.1, 0.15) is 12.3 Å². The van der Waals surface area contributed by atoms with E-state index in [9.17, 15) is 19.2 Å². The number of amides is 5. The first-order valence-corrected chi connectivity index (χ1v) is 8.94. The predicted molar refractivity (Wildman–Crippen MR) is 106 cm³/mol. The smallest absolute Gasteiger partial charge is 0.335 e. The number of rotatable bonds is 7. The molecule has 0 unspecified atom stereocenters. The molecule has 1 aliphatic rings. The van der Waals surface area contributed by atoms with Crippen LogP contribution in [0.4, 0.5) is 4.79 Å². The Balaban J connectivity index is 1.68. The normalized spacial score (nSPS) is 13.9. The lowest BCUT2D eigenvalue weighted by Crippen LogP contribution is -2.42. The highest BCUT2D eigenvalue weighted by Gasteiger charge is 2.44. The average Bonchev–Trinajstić information content (AvgIpc) is 2.91. The summed E-state index contributed by atoms with van der Waals surface area (Å²) >= 11 is 0. The SMILES string of the molecule is C=CCN1C(=O)C(=O)N(CC(=O)N(C)Cc2ccc3cc(OC)ccc3c2)C1=O. The lowest BCUT2D eigenvalue weighted by Gasteiger charge is -2.20. The van der Waals surface area contributed by atoms with E-state index in [1.54, 1.807) is 14.2 Å². The Bertz CT molecular complexity index is 1020. The molecule has 1 saturated heterocycles. The molecule has 0 aromatic heterocycles. The van der Waals surface area contributed by atoms with Crippen LogP contribution >= 0.6 is 0 Å². The summed E-state index contributed by atoms with van der Waals surface area (Å²) in [4.78, 5) is 51.5. The highest BCUT2D eigenvalue weighted by molar-refractivity contribution is 6.45. The molecule has 5 amide bonds. The van der Waals surface area contributed by atoms with Gasteiger partial charge in [-0.1, -0.05) is 24.3 Å². The Labute approximate surface area is 167 Å². The molecule has 0 atom stereocenters. The van der Waals surface area contributed by atoms with Crippen LogP contribution in [-0.2, 0) is 20.9 Å². The van der Waals surface area contributed by atoms with E-state index in [2.05, 4.69) is 6.58 Å². The maximum Gasteiger partial charge on any atom is 0.335 e. The summed E-state index contributed by atoms with van der Waals surface area (Å²) in [6.07, 6.45) is 1.34. The summed E-state index contributed by atoms with van der Waals surface area (Å²) in [7, 11) is 3.19. The number of carbonyl (C=O) groups excluding carboxylic acids is 4. The topological polar surface area (TPSA) is 87.2 Å². The minimum Gasteiger partial charge on any atom is -0.497 e. The molecule has 1 aliphatic heterocycles. The second kappa shape index (κ2) is 8.14. The molecular formula is C21H21N3O5. The molecular weight excluding hydrogens is 374 g/mol. The van der Waals surface area contributed by atoms with Crippen LogP contribution in [0, 0.1) is 0 Å². The zero-order valence-corrected chi connectivity index (χ0v) is 16.3. The lowest BCUT2D eigenvalue weighted by molar-refractivity contribution is -0.144. The van der Waals surface area contributed by atoms with Crippen molar-refractivity contribution in [2.24, 2.45) is 0 Å². The number of hydrogen-bond donors (Lipinski definition) is 0. The fourth-order valence-corrected chi connectivity index (χ4v) is 3.10. The maximum atomic E-state index is 12.5. The van der Waals surface area contributed by atoms with Gasteiger partial charge in [0.25, 0.3) is 0 Å². The number of likely N-dealkylation sites (N-methyl/N-ethyl adjacent to an activating group) is 1. The molecule has 0 spiro atoms. The van der Waals surface area contributed by atoms with Crippen LogP contribution in [0.5, 0.6) is 5.75 Å². The van der Waals surface area contributed by atoms with Crippen LogP contribution in [0.1, 0.15) is 5.56 Å². The van der Waals surface area contributed by atoms with Gasteiger partial charge in [-0.3, -0.25) is 19.3 Å². The molecule has 8 heteroatoms. The Morgan fingerprint density at radius 2 is 1.72 bits per heavy atom. The average molecular weight is 395 g/mol. The van der Waals surface area contributed by atoms with Crippen LogP contribution < -0.4 is 4.74 Å². The molecule has 2 aromatic rings. The number of ether oxygens (including phenoxy) is 1. The van der Waals surface area contributed by atoms with Crippen molar-refractivity contribution < 1.29 is 23.9 Å². The summed E-state index contributed by atoms with van der Waals surface area (Å²) in [5.74, 6) is -1.64. The molecule has 0 saturated carbocycles. The van der Waals surface area contributed by atoms with Crippen LogP contribution in [0.3, 0.4) is 0 Å². The summed E-state index contributed by atoms with van der Waals surface area (Å²) in [6.45, 7) is 3.18. The van der Waals surface area contributed by atoms with Crippen LogP contribution in [0.25, 0.3) is 10.8 Å². The van der Waals surface area contributed by atoms with E-state index in [1.807, 2.05) is 36.4 Å². The van der Waals surface area contributed by atoms with Crippen molar-refractivity contribution >= 4 is 34.5 Å². The number of benzene rings is 2. The number of nitrogens with zero attached hydrogens (tertiary/aromatic N) is 3. The molecule has 8 nitrogen and oxygen atoms in total. The number of urea groups is 1. The van der Waals surface area contributed by atoms with Gasteiger partial charge in [0.15, 0.2) is 0 Å². The Morgan fingerprint density at radius 1 is 1.07 bits per heavy atom. The monoisotopic (exact) mass is 395 g/mol. The Kier molecular flexibility index (Phi) is 5.63. The van der Waals surface area contributed by atoms with Gasteiger partial charge in [0.2, 0.25) is 5.91 Å². The zero-order valence-electron chi connectivity index (χ0n) is 16.3.